The van der Waals surface area contributed by atoms with Gasteiger partial charge in [-0.15, -0.1) is 0 Å². The van der Waals surface area contributed by atoms with Gasteiger partial charge in [0.2, 0.25) is 0 Å². The third-order valence-corrected chi connectivity index (χ3v) is 0. The third-order valence-electron chi connectivity index (χ3n) is 0. The summed E-state index contributed by atoms with van der Waals surface area (Å²) in [5, 5.41) is 0. The second-order valence-corrected chi connectivity index (χ2v) is 0. The molecule has 0 aliphatic heterocycles. The van der Waals surface area contributed by atoms with Gasteiger partial charge in [-0.2, -0.15) is 0 Å². The molecule has 0 saturated heterocycles. The number of halogens is 4. The smallest absolute Gasteiger partial charge is 1.00 e. The minimum Gasteiger partial charge on any atom is -1.00 e. The Morgan fingerprint density at radius 3 is 0.500 bits per heavy atom. The summed E-state index contributed by atoms with van der Waals surface area (Å²) in [5.41, 5.74) is 0. The number of hydrogen-bond donors (Lipinski definition) is 0. The van der Waals surface area contributed by atoms with E-state index in [1.165, 1.54) is 0 Å². The second-order valence-electron chi connectivity index (χ2n) is 0. The van der Waals surface area contributed by atoms with Crippen LogP contribution < -0.4 is 18.8 Å². The van der Waals surface area contributed by atoms with Gasteiger partial charge in [0.05, 0.1) is 0 Å². The van der Waals surface area contributed by atoms with Crippen molar-refractivity contribution >= 4 is 0 Å². The van der Waals surface area contributed by atoms with Gasteiger partial charge in [0.25, 0.3) is 0 Å². The van der Waals surface area contributed by atoms with E-state index in [1.54, 1.807) is 0 Å². The molecule has 1 nitrogen and oxygen atoms in total. The minimum atomic E-state index is 0. The minimum absolute atomic E-state index is 0. The summed E-state index contributed by atoms with van der Waals surface area (Å²) in [6, 6.07) is 0. The Morgan fingerprint density at radius 1 is 0.500 bits per heavy atom. The standard InChI is InChI=1S/4FH.H2O.Th/h4*1H;1H2;/q;;;;;+4/p-4. The molecular weight excluding hydrogens is 324 g/mol. The molecule has 0 spiro atoms. The zero-order valence-electron chi connectivity index (χ0n) is 2.51. The molecule has 0 aliphatic carbocycles. The third kappa shape index (κ3) is 79.5. The largest absolute Gasteiger partial charge is 4.00 e. The van der Waals surface area contributed by atoms with Crippen LogP contribution in [0.5, 0.6) is 0 Å². The van der Waals surface area contributed by atoms with Crippen LogP contribution in [-0.4, -0.2) is 5.48 Å². The van der Waals surface area contributed by atoms with Crippen LogP contribution in [0.3, 0.4) is 0 Å². The molecule has 0 atom stereocenters. The predicted octanol–water partition coefficient (Wildman–Crippen LogP) is -12.8. The molecule has 0 rings (SSSR count). The average Bonchev–Trinajstić information content (AvgIpc) is 0. The zero-order chi connectivity index (χ0) is 0. The van der Waals surface area contributed by atoms with Crippen molar-refractivity contribution < 1.29 is 64.2 Å². The summed E-state index contributed by atoms with van der Waals surface area (Å²) in [6.07, 6.45) is 0. The first-order valence-electron chi connectivity index (χ1n) is 0. The summed E-state index contributed by atoms with van der Waals surface area (Å²) in [6.45, 7) is 0. The Labute approximate surface area is 63.9 Å². The Bertz CT molecular complexity index is 7.51. The van der Waals surface area contributed by atoms with E-state index in [-0.39, 0.29) is 64.2 Å². The molecule has 6 heavy (non-hydrogen) atoms. The van der Waals surface area contributed by atoms with Crippen LogP contribution in [0.15, 0.2) is 0 Å². The molecule has 0 aromatic heterocycles. The van der Waals surface area contributed by atoms with E-state index < -0.39 is 0 Å². The van der Waals surface area contributed by atoms with Crippen molar-refractivity contribution in [3.05, 3.63) is 0 Å². The molecule has 0 aromatic rings. The average molecular weight is 326 g/mol. The summed E-state index contributed by atoms with van der Waals surface area (Å²) in [7, 11) is 0. The van der Waals surface area contributed by atoms with Crippen molar-refractivity contribution in [1.82, 2.24) is 0 Å². The van der Waals surface area contributed by atoms with Crippen LogP contribution in [0, 0.1) is 39.9 Å². The SMILES string of the molecule is O.[F-].[F-].[F-].[F-].[Th+4]. The normalized spacial score (nSPS) is 0. The molecule has 0 unspecified atom stereocenters. The molecule has 0 fully saturated rings. The van der Waals surface area contributed by atoms with E-state index in [9.17, 15) is 0 Å². The Balaban J connectivity index is 0. The molecule has 0 heterocycles. The molecule has 2 N–H and O–H groups in total. The van der Waals surface area contributed by atoms with Crippen molar-refractivity contribution in [2.24, 2.45) is 0 Å². The first kappa shape index (κ1) is 250. The fourth-order valence-corrected chi connectivity index (χ4v) is 0. The maximum atomic E-state index is 0. The van der Waals surface area contributed by atoms with E-state index in [2.05, 4.69) is 0 Å². The topological polar surface area (TPSA) is 31.5 Å². The molecular formula is H2F4OTh. The Kier molecular flexibility index (Phi) is 6210. The molecule has 0 bridgehead atoms. The molecule has 0 radical (unpaired) electrons. The zero-order valence-corrected chi connectivity index (χ0v) is 6.62. The van der Waals surface area contributed by atoms with Crippen molar-refractivity contribution in [1.29, 1.82) is 0 Å². The Hall–Kier alpha value is 1.00. The molecule has 0 saturated carbocycles. The van der Waals surface area contributed by atoms with Crippen LogP contribution in [0.4, 0.5) is 0 Å². The molecule has 6 heteroatoms. The monoisotopic (exact) mass is 326 g/mol. The van der Waals surface area contributed by atoms with Crippen LogP contribution in [0.1, 0.15) is 0 Å². The quantitative estimate of drug-likeness (QED) is 0.396. The molecule has 0 aliphatic rings. The van der Waals surface area contributed by atoms with Gasteiger partial charge in [-0.3, -0.25) is 0 Å². The van der Waals surface area contributed by atoms with Crippen LogP contribution in [0.25, 0.3) is 0 Å². The molecule has 0 aromatic carbocycles. The van der Waals surface area contributed by atoms with Gasteiger partial charge in [0.15, 0.2) is 0 Å². The summed E-state index contributed by atoms with van der Waals surface area (Å²) >= 11 is 0. The number of hydrogen-bond acceptors (Lipinski definition) is 0. The predicted molar refractivity (Wildman–Crippen MR) is 3.61 cm³/mol. The van der Waals surface area contributed by atoms with Gasteiger partial charge in [0, 0.05) is 0 Å². The van der Waals surface area contributed by atoms with Crippen molar-refractivity contribution in [3.8, 4) is 0 Å². The van der Waals surface area contributed by atoms with E-state index in [0.29, 0.717) is 0 Å². The van der Waals surface area contributed by atoms with E-state index >= 15 is 0 Å². The maximum absolute atomic E-state index is 0. The Morgan fingerprint density at radius 2 is 0.500 bits per heavy atom. The van der Waals surface area contributed by atoms with Crippen molar-refractivity contribution in [3.63, 3.8) is 0 Å². The van der Waals surface area contributed by atoms with Gasteiger partial charge < -0.3 is 24.3 Å². The fourth-order valence-electron chi connectivity index (χ4n) is 0. The van der Waals surface area contributed by atoms with Crippen LogP contribution in [-0.2, 0) is 0 Å². The van der Waals surface area contributed by atoms with Gasteiger partial charge in [-0.05, 0) is 0 Å². The summed E-state index contributed by atoms with van der Waals surface area (Å²) in [4.78, 5) is 0. The van der Waals surface area contributed by atoms with E-state index in [1.807, 2.05) is 0 Å². The van der Waals surface area contributed by atoms with Crippen LogP contribution >= 0.6 is 0 Å². The first-order valence-corrected chi connectivity index (χ1v) is 0. The fraction of sp³-hybridized carbons (Fsp3) is 0. The summed E-state index contributed by atoms with van der Waals surface area (Å²) < 4.78 is 0. The van der Waals surface area contributed by atoms with E-state index in [4.69, 9.17) is 0 Å². The summed E-state index contributed by atoms with van der Waals surface area (Å²) in [5.74, 6) is 0. The van der Waals surface area contributed by atoms with Gasteiger partial charge in [-0.1, -0.05) is 0 Å². The van der Waals surface area contributed by atoms with Gasteiger partial charge in [-0.25, -0.2) is 0 Å². The molecule has 40 valence electrons. The van der Waals surface area contributed by atoms with Gasteiger partial charge in [0.1, 0.15) is 0 Å². The molecule has 0 amide bonds. The van der Waals surface area contributed by atoms with Crippen molar-refractivity contribution in [2.45, 2.75) is 0 Å². The van der Waals surface area contributed by atoms with E-state index in [0.717, 1.165) is 0 Å². The van der Waals surface area contributed by atoms with Gasteiger partial charge >= 0.3 is 39.9 Å². The maximum Gasteiger partial charge on any atom is 4.00 e. The second kappa shape index (κ2) is 149. The van der Waals surface area contributed by atoms with Crippen molar-refractivity contribution in [2.75, 3.05) is 0 Å². The number of rotatable bonds is 0. The van der Waals surface area contributed by atoms with Crippen LogP contribution in [0.2, 0.25) is 0 Å². The first-order chi connectivity index (χ1) is 0.